The second-order valence-electron chi connectivity index (χ2n) is 5.31. The van der Waals surface area contributed by atoms with E-state index in [4.69, 9.17) is 16.3 Å². The van der Waals surface area contributed by atoms with Crippen molar-refractivity contribution in [2.75, 3.05) is 11.5 Å². The van der Waals surface area contributed by atoms with Gasteiger partial charge in [0, 0.05) is 23.7 Å². The van der Waals surface area contributed by atoms with Crippen molar-refractivity contribution in [2.45, 2.75) is 45.1 Å². The molecular weight excluding hydrogens is 290 g/mol. The average Bonchev–Trinajstić information content (AvgIpc) is 2.48. The van der Waals surface area contributed by atoms with Gasteiger partial charge < -0.3 is 9.64 Å². The number of esters is 1. The van der Waals surface area contributed by atoms with Gasteiger partial charge in [-0.05, 0) is 37.1 Å². The van der Waals surface area contributed by atoms with Crippen LogP contribution in [-0.4, -0.2) is 24.5 Å². The molecule has 1 saturated carbocycles. The molecule has 0 N–H and O–H groups in total. The third kappa shape index (κ3) is 4.46. The molecule has 0 saturated heterocycles. The van der Waals surface area contributed by atoms with Crippen LogP contribution in [0.1, 0.15) is 39.0 Å². The number of nitrogens with zero attached hydrogens (tertiary/aromatic N) is 1. The highest BCUT2D eigenvalue weighted by atomic mass is 35.5. The number of hydrogen-bond acceptors (Lipinski definition) is 3. The Labute approximate surface area is 130 Å². The van der Waals surface area contributed by atoms with Crippen LogP contribution in [0.25, 0.3) is 0 Å². The second kappa shape index (κ2) is 7.46. The molecule has 0 heterocycles. The van der Waals surface area contributed by atoms with E-state index in [0.717, 1.165) is 31.4 Å². The van der Waals surface area contributed by atoms with E-state index in [9.17, 15) is 9.59 Å². The Hall–Kier alpha value is -1.55. The van der Waals surface area contributed by atoms with Gasteiger partial charge in [0.25, 0.3) is 5.91 Å². The molecule has 1 aromatic carbocycles. The molecule has 1 aliphatic rings. The molecular formula is C16H20ClNO3. The summed E-state index contributed by atoms with van der Waals surface area (Å²) in [6.07, 6.45) is 5.41. The topological polar surface area (TPSA) is 46.6 Å². The molecule has 1 fully saturated rings. The fraction of sp³-hybridized carbons (Fsp3) is 0.500. The Morgan fingerprint density at radius 2 is 1.81 bits per heavy atom. The maximum Gasteiger partial charge on any atom is 0.303 e. The van der Waals surface area contributed by atoms with E-state index in [1.54, 1.807) is 17.0 Å². The van der Waals surface area contributed by atoms with Gasteiger partial charge >= 0.3 is 5.97 Å². The number of ether oxygens (including phenoxy) is 1. The van der Waals surface area contributed by atoms with Gasteiger partial charge in [0.15, 0.2) is 6.61 Å². The number of amides is 1. The van der Waals surface area contributed by atoms with Crippen molar-refractivity contribution in [1.82, 2.24) is 0 Å². The summed E-state index contributed by atoms with van der Waals surface area (Å²) in [6, 6.07) is 7.38. The summed E-state index contributed by atoms with van der Waals surface area (Å²) >= 11 is 5.91. The van der Waals surface area contributed by atoms with Crippen molar-refractivity contribution in [3.8, 4) is 0 Å². The monoisotopic (exact) mass is 309 g/mol. The number of anilines is 1. The first-order chi connectivity index (χ1) is 10.1. The van der Waals surface area contributed by atoms with Crippen LogP contribution in [0.5, 0.6) is 0 Å². The van der Waals surface area contributed by atoms with Crippen molar-refractivity contribution in [1.29, 1.82) is 0 Å². The summed E-state index contributed by atoms with van der Waals surface area (Å²) in [5.41, 5.74) is 0.809. The molecule has 0 aromatic heterocycles. The van der Waals surface area contributed by atoms with Crippen molar-refractivity contribution < 1.29 is 14.3 Å². The molecule has 5 heteroatoms. The van der Waals surface area contributed by atoms with Gasteiger partial charge in [-0.1, -0.05) is 30.9 Å². The Balaban J connectivity index is 2.18. The number of halogens is 1. The Morgan fingerprint density at radius 1 is 1.19 bits per heavy atom. The zero-order valence-electron chi connectivity index (χ0n) is 12.2. The number of carbonyl (C=O) groups excluding carboxylic acids is 2. The lowest BCUT2D eigenvalue weighted by Crippen LogP contribution is -2.43. The third-order valence-corrected chi connectivity index (χ3v) is 3.96. The highest BCUT2D eigenvalue weighted by Gasteiger charge is 2.27. The van der Waals surface area contributed by atoms with Gasteiger partial charge in [-0.3, -0.25) is 9.59 Å². The van der Waals surface area contributed by atoms with Crippen LogP contribution in [0.15, 0.2) is 24.3 Å². The van der Waals surface area contributed by atoms with E-state index in [2.05, 4.69) is 0 Å². The van der Waals surface area contributed by atoms with Gasteiger partial charge in [0.05, 0.1) is 0 Å². The molecule has 4 nitrogen and oxygen atoms in total. The number of carbonyl (C=O) groups is 2. The molecule has 0 radical (unpaired) electrons. The maximum absolute atomic E-state index is 12.4. The molecule has 0 bridgehead atoms. The molecule has 2 rings (SSSR count). The summed E-state index contributed by atoms with van der Waals surface area (Å²) in [7, 11) is 0. The van der Waals surface area contributed by atoms with Crippen molar-refractivity contribution in [3.05, 3.63) is 29.3 Å². The predicted molar refractivity (Wildman–Crippen MR) is 82.4 cm³/mol. The van der Waals surface area contributed by atoms with E-state index in [1.165, 1.54) is 13.3 Å². The third-order valence-electron chi connectivity index (χ3n) is 3.71. The lowest BCUT2D eigenvalue weighted by atomic mass is 9.93. The Kier molecular flexibility index (Phi) is 5.62. The summed E-state index contributed by atoms with van der Waals surface area (Å²) in [4.78, 5) is 25.1. The van der Waals surface area contributed by atoms with Crippen LogP contribution in [0.2, 0.25) is 5.02 Å². The first kappa shape index (κ1) is 15.8. The van der Waals surface area contributed by atoms with Crippen LogP contribution in [0.3, 0.4) is 0 Å². The number of rotatable bonds is 4. The standard InChI is InChI=1S/C16H20ClNO3/c1-12(19)21-11-16(20)18(14-5-3-2-4-6-14)15-9-7-13(17)8-10-15/h7-10,14H,2-6,11H2,1H3. The lowest BCUT2D eigenvalue weighted by molar-refractivity contribution is -0.145. The van der Waals surface area contributed by atoms with Crippen LogP contribution in [0.4, 0.5) is 5.69 Å². The first-order valence-corrected chi connectivity index (χ1v) is 7.66. The minimum atomic E-state index is -0.442. The molecule has 114 valence electrons. The van der Waals surface area contributed by atoms with E-state index >= 15 is 0 Å². The SMILES string of the molecule is CC(=O)OCC(=O)N(c1ccc(Cl)cc1)C1CCCCC1. The van der Waals surface area contributed by atoms with Crippen LogP contribution in [-0.2, 0) is 14.3 Å². The van der Waals surface area contributed by atoms with Crippen LogP contribution < -0.4 is 4.90 Å². The zero-order chi connectivity index (χ0) is 15.2. The van der Waals surface area contributed by atoms with Gasteiger partial charge in [0.2, 0.25) is 0 Å². The van der Waals surface area contributed by atoms with Crippen molar-refractivity contribution >= 4 is 29.2 Å². The summed E-state index contributed by atoms with van der Waals surface area (Å²) in [6.45, 7) is 1.09. The molecule has 1 aromatic rings. The molecule has 0 atom stereocenters. The molecule has 1 aliphatic carbocycles. The molecule has 1 amide bonds. The molecule has 0 aliphatic heterocycles. The first-order valence-electron chi connectivity index (χ1n) is 7.29. The minimum Gasteiger partial charge on any atom is -0.456 e. The fourth-order valence-electron chi connectivity index (χ4n) is 2.73. The van der Waals surface area contributed by atoms with E-state index in [0.29, 0.717) is 5.02 Å². The summed E-state index contributed by atoms with van der Waals surface area (Å²) < 4.78 is 4.86. The minimum absolute atomic E-state index is 0.169. The normalized spacial score (nSPS) is 15.5. The summed E-state index contributed by atoms with van der Waals surface area (Å²) in [5.74, 6) is -0.623. The molecule has 0 spiro atoms. The van der Waals surface area contributed by atoms with Gasteiger partial charge in [-0.25, -0.2) is 0 Å². The molecule has 0 unspecified atom stereocenters. The van der Waals surface area contributed by atoms with E-state index in [-0.39, 0.29) is 18.6 Å². The summed E-state index contributed by atoms with van der Waals surface area (Å²) in [5, 5.41) is 0.634. The lowest BCUT2D eigenvalue weighted by Gasteiger charge is -2.34. The predicted octanol–water partition coefficient (Wildman–Crippen LogP) is 3.57. The van der Waals surface area contributed by atoms with Gasteiger partial charge in [0.1, 0.15) is 0 Å². The van der Waals surface area contributed by atoms with E-state index in [1.807, 2.05) is 12.1 Å². The largest absolute Gasteiger partial charge is 0.456 e. The van der Waals surface area contributed by atoms with E-state index < -0.39 is 5.97 Å². The zero-order valence-corrected chi connectivity index (χ0v) is 12.9. The highest BCUT2D eigenvalue weighted by molar-refractivity contribution is 6.30. The average molecular weight is 310 g/mol. The van der Waals surface area contributed by atoms with Crippen LogP contribution in [0, 0.1) is 0 Å². The fourth-order valence-corrected chi connectivity index (χ4v) is 2.86. The molecule has 21 heavy (non-hydrogen) atoms. The van der Waals surface area contributed by atoms with Gasteiger partial charge in [-0.2, -0.15) is 0 Å². The maximum atomic E-state index is 12.4. The van der Waals surface area contributed by atoms with Gasteiger partial charge in [-0.15, -0.1) is 0 Å². The quantitative estimate of drug-likeness (QED) is 0.799. The Morgan fingerprint density at radius 3 is 2.38 bits per heavy atom. The smallest absolute Gasteiger partial charge is 0.303 e. The number of benzene rings is 1. The highest BCUT2D eigenvalue weighted by Crippen LogP contribution is 2.28. The Bertz CT molecular complexity index is 495. The van der Waals surface area contributed by atoms with Crippen LogP contribution >= 0.6 is 11.6 Å². The number of hydrogen-bond donors (Lipinski definition) is 0. The van der Waals surface area contributed by atoms with Crippen molar-refractivity contribution in [3.63, 3.8) is 0 Å². The van der Waals surface area contributed by atoms with Crippen molar-refractivity contribution in [2.24, 2.45) is 0 Å². The second-order valence-corrected chi connectivity index (χ2v) is 5.75.